The number of nitrogens with one attached hydrogen (secondary N) is 1. The van der Waals surface area contributed by atoms with Crippen LogP contribution in [0.1, 0.15) is 31.7 Å². The fourth-order valence-electron chi connectivity index (χ4n) is 2.94. The molecule has 1 fully saturated rings. The smallest absolute Gasteiger partial charge is 0.0393 e. The molecular formula is C14H20N2. The molecule has 1 aromatic rings. The van der Waals surface area contributed by atoms with Gasteiger partial charge in [-0.2, -0.15) is 0 Å². The van der Waals surface area contributed by atoms with Crippen molar-refractivity contribution >= 4 is 11.4 Å². The Kier molecular flexibility index (Phi) is 2.50. The molecule has 1 unspecified atom stereocenters. The minimum Gasteiger partial charge on any atom is -0.385 e. The van der Waals surface area contributed by atoms with Crippen LogP contribution in [0.5, 0.6) is 0 Å². The summed E-state index contributed by atoms with van der Waals surface area (Å²) in [6.45, 7) is 4.69. The van der Waals surface area contributed by atoms with Gasteiger partial charge in [0.05, 0.1) is 0 Å². The van der Waals surface area contributed by atoms with E-state index >= 15 is 0 Å². The molecule has 16 heavy (non-hydrogen) atoms. The summed E-state index contributed by atoms with van der Waals surface area (Å²) in [5.74, 6) is 0. The van der Waals surface area contributed by atoms with Crippen molar-refractivity contribution in [2.24, 2.45) is 0 Å². The third-order valence-corrected chi connectivity index (χ3v) is 3.92. The van der Waals surface area contributed by atoms with Gasteiger partial charge in [-0.15, -0.1) is 0 Å². The zero-order valence-corrected chi connectivity index (χ0v) is 10.00. The molecule has 2 nitrogen and oxygen atoms in total. The van der Waals surface area contributed by atoms with Crippen molar-refractivity contribution in [2.75, 3.05) is 23.3 Å². The lowest BCUT2D eigenvalue weighted by Crippen LogP contribution is -2.26. The topological polar surface area (TPSA) is 15.3 Å². The molecule has 1 atom stereocenters. The van der Waals surface area contributed by atoms with Crippen molar-refractivity contribution in [3.63, 3.8) is 0 Å². The maximum atomic E-state index is 3.51. The second kappa shape index (κ2) is 4.00. The van der Waals surface area contributed by atoms with Gasteiger partial charge in [-0.05, 0) is 50.3 Å². The Labute approximate surface area is 97.6 Å². The van der Waals surface area contributed by atoms with Gasteiger partial charge in [-0.3, -0.25) is 0 Å². The highest BCUT2D eigenvalue weighted by molar-refractivity contribution is 5.64. The predicted octanol–water partition coefficient (Wildman–Crippen LogP) is 3.03. The van der Waals surface area contributed by atoms with Crippen molar-refractivity contribution in [3.8, 4) is 0 Å². The summed E-state index contributed by atoms with van der Waals surface area (Å²) >= 11 is 0. The second-order valence-electron chi connectivity index (χ2n) is 5.06. The van der Waals surface area contributed by atoms with Crippen molar-refractivity contribution in [1.29, 1.82) is 0 Å². The average molecular weight is 216 g/mol. The first-order chi connectivity index (χ1) is 7.84. The third kappa shape index (κ3) is 1.66. The number of nitrogens with zero attached hydrogens (tertiary/aromatic N) is 1. The molecule has 0 spiro atoms. The molecule has 0 radical (unpaired) electrons. The molecular weight excluding hydrogens is 196 g/mol. The zero-order valence-electron chi connectivity index (χ0n) is 10.00. The molecule has 3 rings (SSSR count). The zero-order chi connectivity index (χ0) is 11.0. The van der Waals surface area contributed by atoms with Gasteiger partial charge >= 0.3 is 0 Å². The van der Waals surface area contributed by atoms with Gasteiger partial charge in [0.2, 0.25) is 0 Å². The van der Waals surface area contributed by atoms with Crippen LogP contribution in [0.15, 0.2) is 18.2 Å². The number of hydrogen-bond donors (Lipinski definition) is 1. The van der Waals surface area contributed by atoms with E-state index in [1.807, 2.05) is 0 Å². The predicted molar refractivity (Wildman–Crippen MR) is 69.3 cm³/mol. The Morgan fingerprint density at radius 2 is 2.25 bits per heavy atom. The van der Waals surface area contributed by atoms with Crippen LogP contribution >= 0.6 is 0 Å². The van der Waals surface area contributed by atoms with E-state index in [9.17, 15) is 0 Å². The fourth-order valence-corrected chi connectivity index (χ4v) is 2.94. The standard InChI is InChI=1S/C14H20N2/c1-11-4-3-9-16(11)13-7-6-12-5-2-8-15-14(12)10-13/h6-7,10-11,15H,2-5,8-9H2,1H3. The number of aryl methyl sites for hydroxylation is 1. The van der Waals surface area contributed by atoms with Crippen molar-refractivity contribution in [2.45, 2.75) is 38.6 Å². The Bertz CT molecular complexity index is 386. The molecule has 2 aliphatic rings. The molecule has 1 aromatic carbocycles. The normalized spacial score (nSPS) is 24.1. The van der Waals surface area contributed by atoms with Crippen molar-refractivity contribution in [1.82, 2.24) is 0 Å². The summed E-state index contributed by atoms with van der Waals surface area (Å²) < 4.78 is 0. The summed E-state index contributed by atoms with van der Waals surface area (Å²) in [6.07, 6.45) is 5.18. The summed E-state index contributed by atoms with van der Waals surface area (Å²) in [5.41, 5.74) is 4.25. The fraction of sp³-hybridized carbons (Fsp3) is 0.571. The molecule has 2 heteroatoms. The molecule has 0 bridgehead atoms. The number of benzene rings is 1. The molecule has 2 aliphatic heterocycles. The highest BCUT2D eigenvalue weighted by Crippen LogP contribution is 2.31. The number of fused-ring (bicyclic) bond motifs is 1. The van der Waals surface area contributed by atoms with Crippen LogP contribution in [-0.4, -0.2) is 19.1 Å². The van der Waals surface area contributed by atoms with Gasteiger partial charge < -0.3 is 10.2 Å². The summed E-state index contributed by atoms with van der Waals surface area (Å²) in [5, 5.41) is 3.51. The molecule has 0 aliphatic carbocycles. The van der Waals surface area contributed by atoms with Crippen LogP contribution < -0.4 is 10.2 Å². The third-order valence-electron chi connectivity index (χ3n) is 3.92. The quantitative estimate of drug-likeness (QED) is 0.776. The average Bonchev–Trinajstić information content (AvgIpc) is 2.75. The summed E-state index contributed by atoms with van der Waals surface area (Å²) in [4.78, 5) is 2.54. The largest absolute Gasteiger partial charge is 0.385 e. The van der Waals surface area contributed by atoms with E-state index in [2.05, 4.69) is 35.3 Å². The second-order valence-corrected chi connectivity index (χ2v) is 5.06. The van der Waals surface area contributed by atoms with E-state index in [4.69, 9.17) is 0 Å². The van der Waals surface area contributed by atoms with Gasteiger partial charge in [0.25, 0.3) is 0 Å². The Balaban J connectivity index is 1.90. The maximum absolute atomic E-state index is 3.51. The van der Waals surface area contributed by atoms with Gasteiger partial charge in [-0.1, -0.05) is 6.07 Å². The van der Waals surface area contributed by atoms with E-state index < -0.39 is 0 Å². The van der Waals surface area contributed by atoms with Crippen molar-refractivity contribution in [3.05, 3.63) is 23.8 Å². The van der Waals surface area contributed by atoms with Gasteiger partial charge in [0.1, 0.15) is 0 Å². The van der Waals surface area contributed by atoms with Gasteiger partial charge in [-0.25, -0.2) is 0 Å². The Hall–Kier alpha value is -1.18. The first-order valence-electron chi connectivity index (χ1n) is 6.48. The highest BCUT2D eigenvalue weighted by Gasteiger charge is 2.21. The minimum absolute atomic E-state index is 0.710. The number of hydrogen-bond acceptors (Lipinski definition) is 2. The van der Waals surface area contributed by atoms with Crippen LogP contribution in [0.3, 0.4) is 0 Å². The summed E-state index contributed by atoms with van der Waals surface area (Å²) in [6, 6.07) is 7.66. The van der Waals surface area contributed by atoms with E-state index in [1.54, 1.807) is 0 Å². The monoisotopic (exact) mass is 216 g/mol. The number of anilines is 2. The molecule has 86 valence electrons. The molecule has 2 heterocycles. The maximum Gasteiger partial charge on any atom is 0.0393 e. The van der Waals surface area contributed by atoms with E-state index in [1.165, 1.54) is 49.2 Å². The Morgan fingerprint density at radius 1 is 1.31 bits per heavy atom. The molecule has 0 aromatic heterocycles. The van der Waals surface area contributed by atoms with E-state index in [0.717, 1.165) is 6.54 Å². The molecule has 1 N–H and O–H groups in total. The van der Waals surface area contributed by atoms with Crippen LogP contribution in [0.2, 0.25) is 0 Å². The minimum atomic E-state index is 0.710. The van der Waals surface area contributed by atoms with Gasteiger partial charge in [0.15, 0.2) is 0 Å². The number of rotatable bonds is 1. The summed E-state index contributed by atoms with van der Waals surface area (Å²) in [7, 11) is 0. The highest BCUT2D eigenvalue weighted by atomic mass is 15.2. The van der Waals surface area contributed by atoms with Crippen LogP contribution in [0.25, 0.3) is 0 Å². The van der Waals surface area contributed by atoms with Crippen LogP contribution in [0, 0.1) is 0 Å². The lowest BCUT2D eigenvalue weighted by Gasteiger charge is -2.26. The van der Waals surface area contributed by atoms with Crippen LogP contribution in [-0.2, 0) is 6.42 Å². The lowest BCUT2D eigenvalue weighted by atomic mass is 10.0. The van der Waals surface area contributed by atoms with Gasteiger partial charge in [0, 0.05) is 30.5 Å². The van der Waals surface area contributed by atoms with Crippen LogP contribution in [0.4, 0.5) is 11.4 Å². The first kappa shape index (κ1) is 10.0. The molecule has 1 saturated heterocycles. The SMILES string of the molecule is CC1CCCN1c1ccc2c(c1)NCCC2. The lowest BCUT2D eigenvalue weighted by molar-refractivity contribution is 0.734. The van der Waals surface area contributed by atoms with E-state index in [-0.39, 0.29) is 0 Å². The molecule has 0 saturated carbocycles. The van der Waals surface area contributed by atoms with E-state index in [0.29, 0.717) is 6.04 Å². The first-order valence-corrected chi connectivity index (χ1v) is 6.48. The Morgan fingerprint density at radius 3 is 3.06 bits per heavy atom. The molecule has 0 amide bonds. The van der Waals surface area contributed by atoms with Crippen molar-refractivity contribution < 1.29 is 0 Å².